The minimum Gasteiger partial charge on any atom is -0.478 e. The number of amides is 1. The molecular weight excluding hydrogens is 222 g/mol. The van der Waals surface area contributed by atoms with Gasteiger partial charge in [0.1, 0.15) is 0 Å². The Bertz CT molecular complexity index is 444. The Morgan fingerprint density at radius 2 is 2.06 bits per heavy atom. The van der Waals surface area contributed by atoms with E-state index in [9.17, 15) is 9.59 Å². The number of rotatable bonds is 4. The number of hydrogen-bond acceptors (Lipinski definition) is 4. The Labute approximate surface area is 99.0 Å². The van der Waals surface area contributed by atoms with Gasteiger partial charge in [0.05, 0.1) is 23.5 Å². The number of nitrogens with zero attached hydrogens (tertiary/aromatic N) is 1. The molecule has 0 aromatic heterocycles. The molecule has 92 valence electrons. The second-order valence-corrected chi connectivity index (χ2v) is 3.71. The predicted octanol–water partition coefficient (Wildman–Crippen LogP) is 0.467. The zero-order valence-electron chi connectivity index (χ0n) is 9.73. The zero-order valence-corrected chi connectivity index (χ0v) is 9.73. The second-order valence-electron chi connectivity index (χ2n) is 3.71. The van der Waals surface area contributed by atoms with E-state index in [1.54, 1.807) is 26.2 Å². The van der Waals surface area contributed by atoms with Crippen molar-refractivity contribution in [1.29, 1.82) is 0 Å². The average Bonchev–Trinajstić information content (AvgIpc) is 2.26. The minimum absolute atomic E-state index is 0.0207. The third-order valence-electron chi connectivity index (χ3n) is 2.27. The lowest BCUT2D eigenvalue weighted by molar-refractivity contribution is -0.126. The number of carboxylic acids is 1. The van der Waals surface area contributed by atoms with Crippen LogP contribution >= 0.6 is 0 Å². The summed E-state index contributed by atoms with van der Waals surface area (Å²) in [6.07, 6.45) is 0. The number of nitrogens with one attached hydrogen (secondary N) is 1. The molecule has 6 nitrogen and oxygen atoms in total. The number of nitrogens with two attached hydrogens (primary N) is 1. The average molecular weight is 237 g/mol. The number of likely N-dealkylation sites (N-methyl/N-ethyl adjacent to an activating group) is 1. The highest BCUT2D eigenvalue weighted by atomic mass is 16.4. The van der Waals surface area contributed by atoms with Crippen LogP contribution in [0, 0.1) is 0 Å². The van der Waals surface area contributed by atoms with E-state index in [0.717, 1.165) is 0 Å². The first-order valence-corrected chi connectivity index (χ1v) is 4.99. The molecule has 0 saturated carbocycles. The van der Waals surface area contributed by atoms with Gasteiger partial charge in [0.25, 0.3) is 0 Å². The van der Waals surface area contributed by atoms with Crippen molar-refractivity contribution in [3.63, 3.8) is 0 Å². The van der Waals surface area contributed by atoms with Gasteiger partial charge in [-0.15, -0.1) is 0 Å². The van der Waals surface area contributed by atoms with Crippen LogP contribution in [-0.4, -0.2) is 42.5 Å². The van der Waals surface area contributed by atoms with Gasteiger partial charge in [0.2, 0.25) is 5.91 Å². The highest BCUT2D eigenvalue weighted by Gasteiger charge is 2.11. The summed E-state index contributed by atoms with van der Waals surface area (Å²) in [7, 11) is 3.28. The summed E-state index contributed by atoms with van der Waals surface area (Å²) in [6, 6.07) is 4.61. The maximum atomic E-state index is 11.4. The highest BCUT2D eigenvalue weighted by molar-refractivity contribution is 5.97. The lowest BCUT2D eigenvalue weighted by Gasteiger charge is -2.13. The second kappa shape index (κ2) is 5.20. The lowest BCUT2D eigenvalue weighted by atomic mass is 10.1. The first-order chi connectivity index (χ1) is 7.93. The molecule has 1 amide bonds. The molecule has 0 spiro atoms. The van der Waals surface area contributed by atoms with E-state index >= 15 is 0 Å². The number of nitrogen functional groups attached to an aromatic ring is 1. The zero-order chi connectivity index (χ0) is 13.0. The number of carbonyl (C=O) groups excluding carboxylic acids is 1. The molecule has 0 aliphatic carbocycles. The molecular formula is C11H15N3O3. The number of carboxylic acid groups (broad SMARTS) is 1. The first kappa shape index (κ1) is 12.8. The molecule has 4 N–H and O–H groups in total. The molecule has 0 aliphatic rings. The molecule has 0 atom stereocenters. The van der Waals surface area contributed by atoms with Crippen molar-refractivity contribution in [2.24, 2.45) is 0 Å². The van der Waals surface area contributed by atoms with E-state index in [2.05, 4.69) is 5.32 Å². The van der Waals surface area contributed by atoms with Gasteiger partial charge in [-0.1, -0.05) is 6.07 Å². The smallest absolute Gasteiger partial charge is 0.337 e. The molecule has 0 unspecified atom stereocenters. The largest absolute Gasteiger partial charge is 0.478 e. The summed E-state index contributed by atoms with van der Waals surface area (Å²) < 4.78 is 0. The fourth-order valence-corrected chi connectivity index (χ4v) is 1.23. The maximum absolute atomic E-state index is 11.4. The summed E-state index contributed by atoms with van der Waals surface area (Å²) >= 11 is 0. The molecule has 1 rings (SSSR count). The fraction of sp³-hybridized carbons (Fsp3) is 0.273. The molecule has 1 aromatic carbocycles. The molecule has 6 heteroatoms. The number of benzene rings is 1. The van der Waals surface area contributed by atoms with E-state index < -0.39 is 5.97 Å². The summed E-state index contributed by atoms with van der Waals surface area (Å²) in [5.74, 6) is -1.21. The van der Waals surface area contributed by atoms with Gasteiger partial charge in [0.15, 0.2) is 0 Å². The molecule has 0 saturated heterocycles. The number of aromatic carboxylic acids is 1. The minimum atomic E-state index is -1.09. The third-order valence-corrected chi connectivity index (χ3v) is 2.27. The molecule has 0 fully saturated rings. The van der Waals surface area contributed by atoms with Gasteiger partial charge in [-0.2, -0.15) is 0 Å². The van der Waals surface area contributed by atoms with Crippen LogP contribution in [0.3, 0.4) is 0 Å². The molecule has 0 heterocycles. The topological polar surface area (TPSA) is 95.7 Å². The van der Waals surface area contributed by atoms with Crippen molar-refractivity contribution in [2.75, 3.05) is 31.7 Å². The van der Waals surface area contributed by atoms with Gasteiger partial charge >= 0.3 is 5.97 Å². The van der Waals surface area contributed by atoms with Crippen LogP contribution in [0.15, 0.2) is 18.2 Å². The Morgan fingerprint density at radius 3 is 2.59 bits per heavy atom. The predicted molar refractivity (Wildman–Crippen MR) is 65.0 cm³/mol. The van der Waals surface area contributed by atoms with E-state index in [1.807, 2.05) is 0 Å². The molecule has 0 radical (unpaired) electrons. The number of hydrogen-bond donors (Lipinski definition) is 3. The summed E-state index contributed by atoms with van der Waals surface area (Å²) in [5.41, 5.74) is 6.27. The fourth-order valence-electron chi connectivity index (χ4n) is 1.23. The van der Waals surface area contributed by atoms with Gasteiger partial charge in [-0.3, -0.25) is 4.79 Å². The Morgan fingerprint density at radius 1 is 1.41 bits per heavy atom. The normalized spacial score (nSPS) is 9.76. The van der Waals surface area contributed by atoms with Crippen molar-refractivity contribution in [2.45, 2.75) is 0 Å². The molecule has 0 aliphatic heterocycles. The summed E-state index contributed by atoms with van der Waals surface area (Å²) in [4.78, 5) is 23.6. The lowest BCUT2D eigenvalue weighted by Crippen LogP contribution is -2.28. The number of carbonyl (C=O) groups is 2. The van der Waals surface area contributed by atoms with Crippen molar-refractivity contribution in [3.8, 4) is 0 Å². The van der Waals surface area contributed by atoms with Crippen LogP contribution in [-0.2, 0) is 4.79 Å². The molecule has 1 aromatic rings. The van der Waals surface area contributed by atoms with Crippen LogP contribution < -0.4 is 11.1 Å². The summed E-state index contributed by atoms with van der Waals surface area (Å²) in [5, 5.41) is 11.7. The van der Waals surface area contributed by atoms with Gasteiger partial charge in [-0.05, 0) is 12.1 Å². The Hall–Kier alpha value is -2.24. The molecule has 0 bridgehead atoms. The molecule has 17 heavy (non-hydrogen) atoms. The SMILES string of the molecule is CN(C)C(=O)CNc1cccc(C(=O)O)c1N. The van der Waals surface area contributed by atoms with E-state index in [-0.39, 0.29) is 23.7 Å². The van der Waals surface area contributed by atoms with Gasteiger partial charge < -0.3 is 21.1 Å². The van der Waals surface area contributed by atoms with Gasteiger partial charge in [0, 0.05) is 14.1 Å². The van der Waals surface area contributed by atoms with E-state index in [0.29, 0.717) is 5.69 Å². The quantitative estimate of drug-likeness (QED) is 0.661. The first-order valence-electron chi connectivity index (χ1n) is 4.99. The van der Waals surface area contributed by atoms with Crippen molar-refractivity contribution < 1.29 is 14.7 Å². The van der Waals surface area contributed by atoms with Crippen LogP contribution in [0.5, 0.6) is 0 Å². The van der Waals surface area contributed by atoms with E-state index in [1.165, 1.54) is 11.0 Å². The monoisotopic (exact) mass is 237 g/mol. The van der Waals surface area contributed by atoms with Gasteiger partial charge in [-0.25, -0.2) is 4.79 Å². The van der Waals surface area contributed by atoms with Crippen LogP contribution in [0.1, 0.15) is 10.4 Å². The van der Waals surface area contributed by atoms with Crippen LogP contribution in [0.25, 0.3) is 0 Å². The van der Waals surface area contributed by atoms with E-state index in [4.69, 9.17) is 10.8 Å². The highest BCUT2D eigenvalue weighted by Crippen LogP contribution is 2.22. The number of anilines is 2. The standard InChI is InChI=1S/C11H15N3O3/c1-14(2)9(15)6-13-8-5-3-4-7(10(8)12)11(16)17/h3-5,13H,6,12H2,1-2H3,(H,16,17). The van der Waals surface area contributed by atoms with Crippen molar-refractivity contribution in [1.82, 2.24) is 4.90 Å². The van der Waals surface area contributed by atoms with Crippen LogP contribution in [0.4, 0.5) is 11.4 Å². The van der Waals surface area contributed by atoms with Crippen LogP contribution in [0.2, 0.25) is 0 Å². The maximum Gasteiger partial charge on any atom is 0.337 e. The van der Waals surface area contributed by atoms with Crippen molar-refractivity contribution >= 4 is 23.3 Å². The summed E-state index contributed by atoms with van der Waals surface area (Å²) in [6.45, 7) is 0.0697. The Kier molecular flexibility index (Phi) is 3.92. The number of para-hydroxylation sites is 1. The van der Waals surface area contributed by atoms with Crippen molar-refractivity contribution in [3.05, 3.63) is 23.8 Å². The third kappa shape index (κ3) is 3.10. The Balaban J connectivity index is 2.82.